The zero-order chi connectivity index (χ0) is 17.2. The maximum Gasteiger partial charge on any atom is 0.191 e. The molecule has 0 radical (unpaired) electrons. The average molecular weight is 462 g/mol. The van der Waals surface area contributed by atoms with E-state index in [0.29, 0.717) is 0 Å². The zero-order valence-electron chi connectivity index (χ0n) is 16.0. The highest BCUT2D eigenvalue weighted by atomic mass is 127. The van der Waals surface area contributed by atoms with Crippen molar-refractivity contribution in [2.75, 3.05) is 19.6 Å². The summed E-state index contributed by atoms with van der Waals surface area (Å²) in [6.45, 7) is 10.1. The molecule has 0 aliphatic heterocycles. The van der Waals surface area contributed by atoms with Crippen LogP contribution in [0.4, 0.5) is 0 Å². The van der Waals surface area contributed by atoms with Gasteiger partial charge in [0, 0.05) is 32.6 Å². The van der Waals surface area contributed by atoms with Crippen molar-refractivity contribution in [3.05, 3.63) is 12.2 Å². The fraction of sp³-hybridized carbons (Fsp3) is 0.833. The van der Waals surface area contributed by atoms with Crippen LogP contribution < -0.4 is 10.6 Å². The number of hydrogen-bond acceptors (Lipinski definition) is 3. The summed E-state index contributed by atoms with van der Waals surface area (Å²) in [6.07, 6.45) is 9.50. The van der Waals surface area contributed by atoms with Crippen LogP contribution in [-0.2, 0) is 13.0 Å². The van der Waals surface area contributed by atoms with Crippen LogP contribution in [0.25, 0.3) is 0 Å². The molecule has 7 heteroatoms. The average Bonchev–Trinajstić information content (AvgIpc) is 3.02. The normalized spacial score (nSPS) is 20.8. The van der Waals surface area contributed by atoms with Gasteiger partial charge in [-0.1, -0.05) is 33.1 Å². The molecule has 2 N–H and O–H groups in total. The van der Waals surface area contributed by atoms with E-state index >= 15 is 0 Å². The third-order valence-electron chi connectivity index (χ3n) is 4.85. The molecule has 25 heavy (non-hydrogen) atoms. The molecule has 1 aromatic rings. The van der Waals surface area contributed by atoms with Crippen molar-refractivity contribution in [1.29, 1.82) is 0 Å². The molecule has 0 amide bonds. The van der Waals surface area contributed by atoms with Gasteiger partial charge in [-0.3, -0.25) is 4.99 Å². The molecule has 144 valence electrons. The lowest BCUT2D eigenvalue weighted by Gasteiger charge is -2.26. The molecule has 1 aromatic heterocycles. The summed E-state index contributed by atoms with van der Waals surface area (Å²) in [6, 6.07) is 0. The van der Waals surface area contributed by atoms with Gasteiger partial charge >= 0.3 is 0 Å². The summed E-state index contributed by atoms with van der Waals surface area (Å²) in [5.41, 5.74) is 0. The van der Waals surface area contributed by atoms with Gasteiger partial charge in [-0.15, -0.1) is 34.2 Å². The van der Waals surface area contributed by atoms with Crippen molar-refractivity contribution >= 4 is 29.9 Å². The minimum absolute atomic E-state index is 0. The summed E-state index contributed by atoms with van der Waals surface area (Å²) in [4.78, 5) is 4.75. The van der Waals surface area contributed by atoms with Crippen LogP contribution in [0.15, 0.2) is 11.3 Å². The monoisotopic (exact) mass is 462 g/mol. The molecule has 1 aliphatic carbocycles. The molecule has 1 aliphatic rings. The Labute approximate surface area is 169 Å². The predicted molar refractivity (Wildman–Crippen MR) is 115 cm³/mol. The van der Waals surface area contributed by atoms with E-state index in [1.807, 2.05) is 0 Å². The molecule has 0 saturated heterocycles. The highest BCUT2D eigenvalue weighted by Crippen LogP contribution is 2.30. The van der Waals surface area contributed by atoms with Gasteiger partial charge in [0.15, 0.2) is 5.96 Å². The SMILES string of the molecule is CCNC(=NCCC1CCCC(C)C1)NCCn1cnnc1CC.I. The Bertz CT molecular complexity index is 502. The maximum atomic E-state index is 4.75. The Morgan fingerprint density at radius 3 is 2.88 bits per heavy atom. The zero-order valence-corrected chi connectivity index (χ0v) is 18.3. The van der Waals surface area contributed by atoms with E-state index in [-0.39, 0.29) is 24.0 Å². The number of aromatic nitrogens is 3. The summed E-state index contributed by atoms with van der Waals surface area (Å²) in [5.74, 6) is 3.72. The highest BCUT2D eigenvalue weighted by molar-refractivity contribution is 14.0. The first kappa shape index (κ1) is 22.2. The third-order valence-corrected chi connectivity index (χ3v) is 4.85. The van der Waals surface area contributed by atoms with Crippen molar-refractivity contribution in [2.45, 2.75) is 65.8 Å². The number of rotatable bonds is 8. The van der Waals surface area contributed by atoms with Crippen LogP contribution in [0.3, 0.4) is 0 Å². The van der Waals surface area contributed by atoms with Crippen LogP contribution in [0, 0.1) is 11.8 Å². The van der Waals surface area contributed by atoms with Gasteiger partial charge in [0.1, 0.15) is 12.2 Å². The smallest absolute Gasteiger partial charge is 0.191 e. The van der Waals surface area contributed by atoms with Crippen molar-refractivity contribution in [1.82, 2.24) is 25.4 Å². The number of hydrogen-bond donors (Lipinski definition) is 2. The minimum atomic E-state index is 0. The number of aryl methyl sites for hydroxylation is 1. The minimum Gasteiger partial charge on any atom is -0.357 e. The molecule has 1 heterocycles. The molecule has 2 rings (SSSR count). The van der Waals surface area contributed by atoms with Crippen LogP contribution >= 0.6 is 24.0 Å². The van der Waals surface area contributed by atoms with Crippen molar-refractivity contribution in [2.24, 2.45) is 16.8 Å². The Morgan fingerprint density at radius 2 is 2.16 bits per heavy atom. The largest absolute Gasteiger partial charge is 0.357 e. The number of guanidine groups is 1. The number of aliphatic imine (C=N–C) groups is 1. The molecule has 2 atom stereocenters. The summed E-state index contributed by atoms with van der Waals surface area (Å²) >= 11 is 0. The van der Waals surface area contributed by atoms with Gasteiger partial charge < -0.3 is 15.2 Å². The molecule has 0 aromatic carbocycles. The molecule has 0 bridgehead atoms. The fourth-order valence-electron chi connectivity index (χ4n) is 3.56. The Balaban J connectivity index is 0.00000312. The molecule has 1 fully saturated rings. The second kappa shape index (κ2) is 12.5. The van der Waals surface area contributed by atoms with E-state index in [9.17, 15) is 0 Å². The maximum absolute atomic E-state index is 4.75. The van der Waals surface area contributed by atoms with Crippen LogP contribution in [0.2, 0.25) is 0 Å². The topological polar surface area (TPSA) is 67.1 Å². The summed E-state index contributed by atoms with van der Waals surface area (Å²) < 4.78 is 2.10. The molecule has 0 spiro atoms. The second-order valence-corrected chi connectivity index (χ2v) is 6.91. The standard InChI is InChI=1S/C18H34N6.HI/c1-4-17-23-22-14-24(17)12-11-21-18(19-5-2)20-10-9-16-8-6-7-15(3)13-16;/h14-16H,4-13H2,1-3H3,(H2,19,20,21);1H. The Kier molecular flexibility index (Phi) is 11.1. The van der Waals surface area contributed by atoms with Crippen LogP contribution in [-0.4, -0.2) is 40.4 Å². The van der Waals surface area contributed by atoms with Crippen LogP contribution in [0.1, 0.15) is 58.7 Å². The number of nitrogens with one attached hydrogen (secondary N) is 2. The van der Waals surface area contributed by atoms with Crippen LogP contribution in [0.5, 0.6) is 0 Å². The number of nitrogens with zero attached hydrogens (tertiary/aromatic N) is 4. The first-order valence-corrected chi connectivity index (χ1v) is 9.61. The van der Waals surface area contributed by atoms with Gasteiger partial charge in [-0.25, -0.2) is 0 Å². The van der Waals surface area contributed by atoms with Crippen molar-refractivity contribution in [3.63, 3.8) is 0 Å². The summed E-state index contributed by atoms with van der Waals surface area (Å²) in [7, 11) is 0. The van der Waals surface area contributed by atoms with E-state index in [1.54, 1.807) is 6.33 Å². The van der Waals surface area contributed by atoms with Crippen molar-refractivity contribution in [3.8, 4) is 0 Å². The van der Waals surface area contributed by atoms with Gasteiger partial charge in [0.25, 0.3) is 0 Å². The Morgan fingerprint density at radius 1 is 1.32 bits per heavy atom. The highest BCUT2D eigenvalue weighted by Gasteiger charge is 2.18. The molecule has 6 nitrogen and oxygen atoms in total. The molecular formula is C18H35IN6. The summed E-state index contributed by atoms with van der Waals surface area (Å²) in [5, 5.41) is 14.8. The van der Waals surface area contributed by atoms with Gasteiger partial charge in [-0.05, 0) is 31.6 Å². The van der Waals surface area contributed by atoms with Crippen molar-refractivity contribution < 1.29 is 0 Å². The third kappa shape index (κ3) is 7.92. The lowest BCUT2D eigenvalue weighted by Crippen LogP contribution is -2.39. The molecule has 1 saturated carbocycles. The second-order valence-electron chi connectivity index (χ2n) is 6.91. The van der Waals surface area contributed by atoms with E-state index in [2.05, 4.69) is 46.2 Å². The number of halogens is 1. The quantitative estimate of drug-likeness (QED) is 0.354. The van der Waals surface area contributed by atoms with Gasteiger partial charge in [0.05, 0.1) is 0 Å². The molecule has 2 unspecified atom stereocenters. The predicted octanol–water partition coefficient (Wildman–Crippen LogP) is 3.23. The lowest BCUT2D eigenvalue weighted by atomic mass is 9.81. The fourth-order valence-corrected chi connectivity index (χ4v) is 3.56. The van der Waals surface area contributed by atoms with E-state index < -0.39 is 0 Å². The van der Waals surface area contributed by atoms with E-state index in [4.69, 9.17) is 4.99 Å². The van der Waals surface area contributed by atoms with Gasteiger partial charge in [-0.2, -0.15) is 0 Å². The first-order valence-electron chi connectivity index (χ1n) is 9.61. The lowest BCUT2D eigenvalue weighted by molar-refractivity contribution is 0.272. The van der Waals surface area contributed by atoms with E-state index in [0.717, 1.165) is 56.2 Å². The van der Waals surface area contributed by atoms with Gasteiger partial charge in [0.2, 0.25) is 0 Å². The first-order chi connectivity index (χ1) is 11.7. The Hall–Kier alpha value is -0.860. The molecular weight excluding hydrogens is 427 g/mol. The van der Waals surface area contributed by atoms with E-state index in [1.165, 1.54) is 32.1 Å².